The van der Waals surface area contributed by atoms with Gasteiger partial charge >= 0.3 is 0 Å². The second kappa shape index (κ2) is 8.88. The van der Waals surface area contributed by atoms with Crippen molar-refractivity contribution in [2.45, 2.75) is 19.9 Å². The van der Waals surface area contributed by atoms with Gasteiger partial charge in [-0.15, -0.1) is 0 Å². The van der Waals surface area contributed by atoms with Gasteiger partial charge in [0.2, 0.25) is 11.8 Å². The van der Waals surface area contributed by atoms with E-state index in [1.807, 2.05) is 48.2 Å². The molecule has 2 heterocycles. The quantitative estimate of drug-likeness (QED) is 0.811. The third kappa shape index (κ3) is 4.49. The number of anilines is 1. The minimum Gasteiger partial charge on any atom is -0.497 e. The van der Waals surface area contributed by atoms with Crippen molar-refractivity contribution in [1.29, 1.82) is 0 Å². The number of rotatable bonds is 5. The van der Waals surface area contributed by atoms with Gasteiger partial charge in [-0.3, -0.25) is 9.59 Å². The molecule has 4 rings (SSSR count). The highest BCUT2D eigenvalue weighted by molar-refractivity contribution is 6.00. The van der Waals surface area contributed by atoms with E-state index >= 15 is 0 Å². The lowest BCUT2D eigenvalue weighted by molar-refractivity contribution is -0.917. The van der Waals surface area contributed by atoms with Gasteiger partial charge in [0, 0.05) is 24.2 Å². The zero-order valence-corrected chi connectivity index (χ0v) is 17.8. The van der Waals surface area contributed by atoms with Crippen LogP contribution in [0.4, 0.5) is 5.69 Å². The van der Waals surface area contributed by atoms with E-state index in [0.717, 1.165) is 49.7 Å². The van der Waals surface area contributed by atoms with E-state index in [0.29, 0.717) is 13.0 Å². The molecule has 158 valence electrons. The molecule has 0 unspecified atom stereocenters. The summed E-state index contributed by atoms with van der Waals surface area (Å²) in [5.74, 6) is 0.805. The van der Waals surface area contributed by atoms with E-state index in [1.54, 1.807) is 12.0 Å². The highest BCUT2D eigenvalue weighted by Crippen LogP contribution is 2.26. The number of nitrogens with one attached hydrogen (secondary N) is 1. The molecule has 0 saturated carbocycles. The van der Waals surface area contributed by atoms with Crippen LogP contribution in [-0.2, 0) is 16.1 Å². The molecule has 1 N–H and O–H groups in total. The molecule has 2 saturated heterocycles. The fourth-order valence-electron chi connectivity index (χ4n) is 4.36. The third-order valence-electron chi connectivity index (χ3n) is 6.22. The Kier molecular flexibility index (Phi) is 6.04. The first-order valence-corrected chi connectivity index (χ1v) is 10.7. The van der Waals surface area contributed by atoms with Crippen LogP contribution in [0.3, 0.4) is 0 Å². The lowest BCUT2D eigenvalue weighted by atomic mass is 10.1. The molecule has 30 heavy (non-hydrogen) atoms. The molecule has 2 aliphatic rings. The monoisotopic (exact) mass is 408 g/mol. The summed E-state index contributed by atoms with van der Waals surface area (Å²) in [4.78, 5) is 30.7. The van der Waals surface area contributed by atoms with Gasteiger partial charge in [0.25, 0.3) is 0 Å². The van der Waals surface area contributed by atoms with E-state index in [9.17, 15) is 9.59 Å². The molecule has 2 aliphatic heterocycles. The molecule has 2 fully saturated rings. The minimum absolute atomic E-state index is 0.0426. The summed E-state index contributed by atoms with van der Waals surface area (Å²) in [7, 11) is 1.68. The van der Waals surface area contributed by atoms with Crippen LogP contribution in [0.25, 0.3) is 0 Å². The van der Waals surface area contributed by atoms with Crippen molar-refractivity contribution in [3.8, 4) is 5.75 Å². The molecule has 0 spiro atoms. The second-order valence-corrected chi connectivity index (χ2v) is 8.34. The zero-order chi connectivity index (χ0) is 21.1. The zero-order valence-electron chi connectivity index (χ0n) is 17.8. The number of amides is 2. The SMILES string of the molecule is COc1ccc(C[NH+]2CCN(C(=O)[C@@H]3CC(=O)N(c4ccc(C)cc4)C3)CC2)cc1. The van der Waals surface area contributed by atoms with Crippen molar-refractivity contribution < 1.29 is 19.2 Å². The molecular formula is C24H30N3O3+. The molecule has 2 aromatic carbocycles. The summed E-state index contributed by atoms with van der Waals surface area (Å²) in [5.41, 5.74) is 3.32. The van der Waals surface area contributed by atoms with Crippen molar-refractivity contribution in [3.05, 3.63) is 59.7 Å². The van der Waals surface area contributed by atoms with Gasteiger partial charge in [-0.1, -0.05) is 17.7 Å². The first kappa shape index (κ1) is 20.4. The third-order valence-corrected chi connectivity index (χ3v) is 6.22. The topological polar surface area (TPSA) is 54.3 Å². The first-order valence-electron chi connectivity index (χ1n) is 10.7. The molecule has 2 aromatic rings. The molecule has 6 heteroatoms. The summed E-state index contributed by atoms with van der Waals surface area (Å²) >= 11 is 0. The van der Waals surface area contributed by atoms with Gasteiger partial charge in [0.1, 0.15) is 12.3 Å². The summed E-state index contributed by atoms with van der Waals surface area (Å²) < 4.78 is 5.22. The van der Waals surface area contributed by atoms with Crippen LogP contribution >= 0.6 is 0 Å². The van der Waals surface area contributed by atoms with Crippen LogP contribution in [0.1, 0.15) is 17.5 Å². The number of ether oxygens (including phenoxy) is 1. The fraction of sp³-hybridized carbons (Fsp3) is 0.417. The van der Waals surface area contributed by atoms with E-state index in [-0.39, 0.29) is 17.7 Å². The Morgan fingerprint density at radius 1 is 1.07 bits per heavy atom. The van der Waals surface area contributed by atoms with E-state index in [2.05, 4.69) is 12.1 Å². The predicted molar refractivity (Wildman–Crippen MR) is 116 cm³/mol. The number of nitrogens with zero attached hydrogens (tertiary/aromatic N) is 2. The Labute approximate surface area is 178 Å². The fourth-order valence-corrected chi connectivity index (χ4v) is 4.36. The summed E-state index contributed by atoms with van der Waals surface area (Å²) in [5, 5.41) is 0. The van der Waals surface area contributed by atoms with Crippen LogP contribution in [0.2, 0.25) is 0 Å². The van der Waals surface area contributed by atoms with Crippen LogP contribution in [-0.4, -0.2) is 56.5 Å². The Morgan fingerprint density at radius 3 is 2.37 bits per heavy atom. The highest BCUT2D eigenvalue weighted by Gasteiger charge is 2.38. The van der Waals surface area contributed by atoms with Gasteiger partial charge in [-0.25, -0.2) is 0 Å². The average Bonchev–Trinajstić information content (AvgIpc) is 3.16. The maximum absolute atomic E-state index is 13.0. The number of hydrogen-bond acceptors (Lipinski definition) is 3. The number of aryl methyl sites for hydroxylation is 1. The Morgan fingerprint density at radius 2 is 1.73 bits per heavy atom. The average molecular weight is 409 g/mol. The van der Waals surface area contributed by atoms with Gasteiger partial charge in [-0.2, -0.15) is 0 Å². The smallest absolute Gasteiger partial charge is 0.228 e. The number of carbonyl (C=O) groups is 2. The van der Waals surface area contributed by atoms with Crippen LogP contribution in [0, 0.1) is 12.8 Å². The lowest BCUT2D eigenvalue weighted by Gasteiger charge is -2.33. The maximum Gasteiger partial charge on any atom is 0.228 e. The largest absolute Gasteiger partial charge is 0.497 e. The van der Waals surface area contributed by atoms with Crippen molar-refractivity contribution >= 4 is 17.5 Å². The predicted octanol–water partition coefficient (Wildman–Crippen LogP) is 1.28. The number of carbonyl (C=O) groups excluding carboxylic acids is 2. The number of benzene rings is 2. The lowest BCUT2D eigenvalue weighted by Crippen LogP contribution is -3.13. The summed E-state index contributed by atoms with van der Waals surface area (Å²) in [6.07, 6.45) is 0.311. The van der Waals surface area contributed by atoms with Gasteiger partial charge in [-0.05, 0) is 43.3 Å². The van der Waals surface area contributed by atoms with Crippen LogP contribution in [0.15, 0.2) is 48.5 Å². The molecule has 1 atom stereocenters. The van der Waals surface area contributed by atoms with Gasteiger partial charge in [0.15, 0.2) is 0 Å². The van der Waals surface area contributed by atoms with Crippen molar-refractivity contribution in [3.63, 3.8) is 0 Å². The van der Waals surface area contributed by atoms with E-state index < -0.39 is 0 Å². The molecule has 0 aromatic heterocycles. The Bertz CT molecular complexity index is 887. The normalized spacial score (nSPS) is 19.9. The minimum atomic E-state index is -0.234. The number of quaternary nitrogens is 1. The molecular weight excluding hydrogens is 378 g/mol. The van der Waals surface area contributed by atoms with Crippen molar-refractivity contribution in [2.24, 2.45) is 5.92 Å². The number of piperazine rings is 1. The highest BCUT2D eigenvalue weighted by atomic mass is 16.5. The van der Waals surface area contributed by atoms with Crippen molar-refractivity contribution in [1.82, 2.24) is 4.90 Å². The summed E-state index contributed by atoms with van der Waals surface area (Å²) in [6, 6.07) is 16.1. The second-order valence-electron chi connectivity index (χ2n) is 8.34. The van der Waals surface area contributed by atoms with Crippen LogP contribution in [0.5, 0.6) is 5.75 Å². The number of methoxy groups -OCH3 is 1. The Balaban J connectivity index is 1.29. The molecule has 6 nitrogen and oxygen atoms in total. The number of hydrogen-bond donors (Lipinski definition) is 1. The first-order chi connectivity index (χ1) is 14.5. The summed E-state index contributed by atoms with van der Waals surface area (Å²) in [6.45, 7) is 6.83. The van der Waals surface area contributed by atoms with Crippen molar-refractivity contribution in [2.75, 3.05) is 44.7 Å². The molecule has 0 aliphatic carbocycles. The van der Waals surface area contributed by atoms with Gasteiger partial charge in [0.05, 0.1) is 39.2 Å². The van der Waals surface area contributed by atoms with Crippen LogP contribution < -0.4 is 14.5 Å². The Hall–Kier alpha value is -2.86. The molecule has 2 amide bonds. The van der Waals surface area contributed by atoms with E-state index in [4.69, 9.17) is 4.74 Å². The van der Waals surface area contributed by atoms with E-state index in [1.165, 1.54) is 10.5 Å². The van der Waals surface area contributed by atoms with Gasteiger partial charge < -0.3 is 19.4 Å². The molecule has 0 bridgehead atoms. The standard InChI is InChI=1S/C24H29N3O3/c1-18-3-7-21(8-4-18)27-17-20(15-23(27)28)24(29)26-13-11-25(12-14-26)16-19-5-9-22(30-2)10-6-19/h3-10,20H,11-17H2,1-2H3/p+1/t20-/m1/s1. The molecule has 0 radical (unpaired) electrons. The maximum atomic E-state index is 13.0.